The lowest BCUT2D eigenvalue weighted by Crippen LogP contribution is -2.33. The largest absolute Gasteiger partial charge is 0.370 e. The molecule has 0 aliphatic heterocycles. The van der Waals surface area contributed by atoms with Crippen LogP contribution in [0.25, 0.3) is 0 Å². The standard InChI is InChI=1S/C14H21N5S/c1-12(11-19-8-3-6-18-19)10-17-14(15)16-7-5-13-4-2-9-20-13/h2-4,6,8-9,12H,5,7,10-11H2,1H3,(H3,15,16,17). The minimum atomic E-state index is 0.410. The second-order valence-electron chi connectivity index (χ2n) is 4.82. The van der Waals surface area contributed by atoms with Crippen molar-refractivity contribution in [3.63, 3.8) is 0 Å². The van der Waals surface area contributed by atoms with E-state index in [9.17, 15) is 0 Å². The molecule has 0 fully saturated rings. The summed E-state index contributed by atoms with van der Waals surface area (Å²) in [6.45, 7) is 4.53. The molecule has 2 rings (SSSR count). The Hall–Kier alpha value is -1.82. The third-order valence-corrected chi connectivity index (χ3v) is 3.83. The van der Waals surface area contributed by atoms with Crippen molar-refractivity contribution in [1.29, 1.82) is 0 Å². The molecule has 20 heavy (non-hydrogen) atoms. The Labute approximate surface area is 123 Å². The number of hydrogen-bond acceptors (Lipinski definition) is 3. The fourth-order valence-corrected chi connectivity index (χ4v) is 2.57. The highest BCUT2D eigenvalue weighted by atomic mass is 32.1. The Morgan fingerprint density at radius 2 is 2.45 bits per heavy atom. The zero-order valence-corrected chi connectivity index (χ0v) is 12.5. The third kappa shape index (κ3) is 5.05. The monoisotopic (exact) mass is 291 g/mol. The summed E-state index contributed by atoms with van der Waals surface area (Å²) in [5.41, 5.74) is 5.85. The SMILES string of the molecule is CC(CN=C(N)NCCc1cccs1)Cn1cccn1. The predicted molar refractivity (Wildman–Crippen MR) is 83.9 cm³/mol. The number of nitrogens with two attached hydrogens (primary N) is 1. The first-order valence-electron chi connectivity index (χ1n) is 6.77. The van der Waals surface area contributed by atoms with Gasteiger partial charge in [-0.3, -0.25) is 9.67 Å². The summed E-state index contributed by atoms with van der Waals surface area (Å²) in [6.07, 6.45) is 4.73. The molecule has 2 heterocycles. The van der Waals surface area contributed by atoms with E-state index >= 15 is 0 Å². The van der Waals surface area contributed by atoms with Crippen molar-refractivity contribution in [1.82, 2.24) is 15.1 Å². The Kier molecular flexibility index (Phi) is 5.61. The van der Waals surface area contributed by atoms with Crippen LogP contribution in [0.5, 0.6) is 0 Å². The Morgan fingerprint density at radius 1 is 1.55 bits per heavy atom. The molecule has 0 saturated heterocycles. The van der Waals surface area contributed by atoms with Crippen molar-refractivity contribution in [2.24, 2.45) is 16.6 Å². The van der Waals surface area contributed by atoms with Crippen LogP contribution >= 0.6 is 11.3 Å². The molecule has 6 heteroatoms. The van der Waals surface area contributed by atoms with Crippen molar-refractivity contribution < 1.29 is 0 Å². The number of thiophene rings is 1. The first-order valence-corrected chi connectivity index (χ1v) is 7.65. The summed E-state index contributed by atoms with van der Waals surface area (Å²) in [7, 11) is 0. The van der Waals surface area contributed by atoms with Gasteiger partial charge in [0.1, 0.15) is 0 Å². The highest BCUT2D eigenvalue weighted by Gasteiger charge is 2.03. The summed E-state index contributed by atoms with van der Waals surface area (Å²) in [6, 6.07) is 6.12. The topological polar surface area (TPSA) is 68.2 Å². The lowest BCUT2D eigenvalue weighted by molar-refractivity contribution is 0.458. The molecule has 0 amide bonds. The Morgan fingerprint density at radius 3 is 3.15 bits per heavy atom. The molecule has 0 aliphatic carbocycles. The van der Waals surface area contributed by atoms with Crippen molar-refractivity contribution in [3.05, 3.63) is 40.8 Å². The van der Waals surface area contributed by atoms with Crippen molar-refractivity contribution in [3.8, 4) is 0 Å². The van der Waals surface area contributed by atoms with Crippen LogP contribution in [-0.2, 0) is 13.0 Å². The van der Waals surface area contributed by atoms with Gasteiger partial charge in [-0.05, 0) is 29.9 Å². The molecule has 1 atom stereocenters. The molecule has 3 N–H and O–H groups in total. The van der Waals surface area contributed by atoms with Crippen molar-refractivity contribution >= 4 is 17.3 Å². The fourth-order valence-electron chi connectivity index (χ4n) is 1.86. The normalized spacial score (nSPS) is 13.3. The molecule has 1 unspecified atom stereocenters. The fraction of sp³-hybridized carbons (Fsp3) is 0.429. The maximum Gasteiger partial charge on any atom is 0.188 e. The first-order chi connectivity index (χ1) is 9.74. The Balaban J connectivity index is 1.65. The molecular weight excluding hydrogens is 270 g/mol. The molecule has 0 saturated carbocycles. The molecule has 2 aromatic heterocycles. The van der Waals surface area contributed by atoms with Crippen LogP contribution in [0, 0.1) is 5.92 Å². The van der Waals surface area contributed by atoms with E-state index in [4.69, 9.17) is 5.73 Å². The molecule has 0 bridgehead atoms. The lowest BCUT2D eigenvalue weighted by Gasteiger charge is -2.10. The number of aromatic nitrogens is 2. The van der Waals surface area contributed by atoms with Gasteiger partial charge in [0.25, 0.3) is 0 Å². The van der Waals surface area contributed by atoms with Crippen LogP contribution < -0.4 is 11.1 Å². The zero-order valence-electron chi connectivity index (χ0n) is 11.7. The molecule has 2 aromatic rings. The highest BCUT2D eigenvalue weighted by molar-refractivity contribution is 7.09. The van der Waals surface area contributed by atoms with Gasteiger partial charge in [0.2, 0.25) is 0 Å². The van der Waals surface area contributed by atoms with Gasteiger partial charge in [-0.15, -0.1) is 11.3 Å². The second-order valence-corrected chi connectivity index (χ2v) is 5.85. The average Bonchev–Trinajstić information content (AvgIpc) is 3.09. The number of nitrogens with one attached hydrogen (secondary N) is 1. The first kappa shape index (κ1) is 14.6. The number of hydrogen-bond donors (Lipinski definition) is 2. The van der Waals surface area contributed by atoms with E-state index in [1.165, 1.54) is 4.88 Å². The molecular formula is C14H21N5S. The zero-order chi connectivity index (χ0) is 14.2. The lowest BCUT2D eigenvalue weighted by atomic mass is 10.2. The predicted octanol–water partition coefficient (Wildman–Crippen LogP) is 1.73. The summed E-state index contributed by atoms with van der Waals surface area (Å²) < 4.78 is 1.92. The van der Waals surface area contributed by atoms with Crippen LogP contribution in [0.15, 0.2) is 41.0 Å². The van der Waals surface area contributed by atoms with E-state index < -0.39 is 0 Å². The smallest absolute Gasteiger partial charge is 0.188 e. The molecule has 0 radical (unpaired) electrons. The number of guanidine groups is 1. The van der Waals surface area contributed by atoms with Gasteiger partial charge < -0.3 is 11.1 Å². The third-order valence-electron chi connectivity index (χ3n) is 2.89. The quantitative estimate of drug-likeness (QED) is 0.603. The summed E-state index contributed by atoms with van der Waals surface area (Å²) >= 11 is 1.76. The maximum atomic E-state index is 5.85. The van der Waals surface area contributed by atoms with Crippen LogP contribution in [0.3, 0.4) is 0 Å². The second kappa shape index (κ2) is 7.69. The van der Waals surface area contributed by atoms with E-state index in [0.29, 0.717) is 18.4 Å². The van der Waals surface area contributed by atoms with E-state index in [2.05, 4.69) is 39.8 Å². The van der Waals surface area contributed by atoms with Gasteiger partial charge in [0, 0.05) is 36.9 Å². The summed E-state index contributed by atoms with van der Waals surface area (Å²) in [5.74, 6) is 0.932. The van der Waals surface area contributed by atoms with Gasteiger partial charge in [0.05, 0.1) is 0 Å². The summed E-state index contributed by atoms with van der Waals surface area (Å²) in [4.78, 5) is 5.73. The van der Waals surface area contributed by atoms with Crippen LogP contribution in [-0.4, -0.2) is 28.8 Å². The van der Waals surface area contributed by atoms with Crippen molar-refractivity contribution in [2.45, 2.75) is 19.9 Å². The minimum absolute atomic E-state index is 0.410. The average molecular weight is 291 g/mol. The summed E-state index contributed by atoms with van der Waals surface area (Å²) in [5, 5.41) is 9.42. The van der Waals surface area contributed by atoms with Gasteiger partial charge in [-0.25, -0.2) is 0 Å². The van der Waals surface area contributed by atoms with Crippen LogP contribution in [0.4, 0.5) is 0 Å². The van der Waals surface area contributed by atoms with E-state index in [0.717, 1.165) is 19.5 Å². The van der Waals surface area contributed by atoms with Crippen LogP contribution in [0.2, 0.25) is 0 Å². The molecule has 5 nitrogen and oxygen atoms in total. The molecule has 0 aromatic carbocycles. The van der Waals surface area contributed by atoms with Gasteiger partial charge in [-0.2, -0.15) is 5.10 Å². The minimum Gasteiger partial charge on any atom is -0.370 e. The van der Waals surface area contributed by atoms with Gasteiger partial charge in [-0.1, -0.05) is 13.0 Å². The van der Waals surface area contributed by atoms with Crippen molar-refractivity contribution in [2.75, 3.05) is 13.1 Å². The van der Waals surface area contributed by atoms with Crippen LogP contribution in [0.1, 0.15) is 11.8 Å². The molecule has 108 valence electrons. The molecule has 0 aliphatic rings. The van der Waals surface area contributed by atoms with Gasteiger partial charge >= 0.3 is 0 Å². The number of aliphatic imine (C=N–C) groups is 1. The number of nitrogens with zero attached hydrogens (tertiary/aromatic N) is 3. The van der Waals surface area contributed by atoms with Gasteiger partial charge in [0.15, 0.2) is 5.96 Å². The van der Waals surface area contributed by atoms with E-state index in [1.807, 2.05) is 16.9 Å². The Bertz CT molecular complexity index is 504. The van der Waals surface area contributed by atoms with E-state index in [1.54, 1.807) is 17.5 Å². The number of rotatable bonds is 7. The van der Waals surface area contributed by atoms with E-state index in [-0.39, 0.29) is 0 Å². The maximum absolute atomic E-state index is 5.85. The highest BCUT2D eigenvalue weighted by Crippen LogP contribution is 2.07. The molecule has 0 spiro atoms.